The first-order chi connectivity index (χ1) is 12.2. The number of aliphatic hydroxyl groups excluding tert-OH is 1. The highest BCUT2D eigenvalue weighted by Crippen LogP contribution is 2.66. The van der Waals surface area contributed by atoms with Gasteiger partial charge in [-0.05, 0) is 56.1 Å². The molecule has 7 atom stereocenters. The Hall–Kier alpha value is -1.30. The van der Waals surface area contributed by atoms with E-state index in [1.54, 1.807) is 12.2 Å². The van der Waals surface area contributed by atoms with Crippen LogP contribution in [-0.4, -0.2) is 40.0 Å². The first-order valence-corrected chi connectivity index (χ1v) is 9.75. The number of hydrogen-bond donors (Lipinski definition) is 3. The molecule has 0 radical (unpaired) electrons. The molecule has 5 nitrogen and oxygen atoms in total. The lowest BCUT2D eigenvalue weighted by Gasteiger charge is -2.59. The quantitative estimate of drug-likeness (QED) is 0.694. The minimum absolute atomic E-state index is 0.0141. The van der Waals surface area contributed by atoms with Crippen molar-refractivity contribution in [3.05, 3.63) is 23.8 Å². The summed E-state index contributed by atoms with van der Waals surface area (Å²) in [5.74, 6) is 0.137. The fourth-order valence-electron chi connectivity index (χ4n) is 6.96. The lowest BCUT2D eigenvalue weighted by Crippen LogP contribution is -2.62. The Morgan fingerprint density at radius 1 is 1.35 bits per heavy atom. The SMILES string of the molecule is C[C@]12C=CC(=O)C=C1CC[C@H]1[C@H]2[C@@H](O)C[C@@]2(C)[C@@H]1CC[C@@]2(O)C(=O)CN. The van der Waals surface area contributed by atoms with E-state index in [1.165, 1.54) is 0 Å². The number of allylic oxidation sites excluding steroid dienone is 4. The summed E-state index contributed by atoms with van der Waals surface area (Å²) in [7, 11) is 0. The van der Waals surface area contributed by atoms with Crippen LogP contribution in [0.2, 0.25) is 0 Å². The lowest BCUT2D eigenvalue weighted by molar-refractivity contribution is -0.175. The molecule has 0 aromatic carbocycles. The summed E-state index contributed by atoms with van der Waals surface area (Å²) < 4.78 is 0. The molecule has 0 saturated heterocycles. The third-order valence-electron chi connectivity index (χ3n) is 8.29. The van der Waals surface area contributed by atoms with Crippen LogP contribution in [0.3, 0.4) is 0 Å². The number of fused-ring (bicyclic) bond motifs is 5. The fourth-order valence-corrected chi connectivity index (χ4v) is 6.96. The van der Waals surface area contributed by atoms with Gasteiger partial charge in [-0.2, -0.15) is 0 Å². The molecule has 0 heterocycles. The molecule has 4 aliphatic rings. The van der Waals surface area contributed by atoms with Crippen molar-refractivity contribution in [1.29, 1.82) is 0 Å². The minimum atomic E-state index is -1.44. The highest BCUT2D eigenvalue weighted by atomic mass is 16.3. The van der Waals surface area contributed by atoms with Gasteiger partial charge in [0.15, 0.2) is 11.6 Å². The Kier molecular flexibility index (Phi) is 3.89. The van der Waals surface area contributed by atoms with Crippen LogP contribution >= 0.6 is 0 Å². The van der Waals surface area contributed by atoms with Crippen LogP contribution in [0.15, 0.2) is 23.8 Å². The zero-order valence-corrected chi connectivity index (χ0v) is 15.6. The van der Waals surface area contributed by atoms with Gasteiger partial charge in [0.1, 0.15) is 5.60 Å². The molecule has 0 unspecified atom stereocenters. The molecule has 0 spiro atoms. The van der Waals surface area contributed by atoms with Crippen molar-refractivity contribution in [2.24, 2.45) is 34.3 Å². The first-order valence-electron chi connectivity index (χ1n) is 9.75. The molecule has 5 heteroatoms. The summed E-state index contributed by atoms with van der Waals surface area (Å²) in [5.41, 5.74) is 4.29. The van der Waals surface area contributed by atoms with E-state index in [9.17, 15) is 19.8 Å². The van der Waals surface area contributed by atoms with Crippen LogP contribution in [0.25, 0.3) is 0 Å². The predicted octanol–water partition coefficient (Wildman–Crippen LogP) is 1.52. The number of carbonyl (C=O) groups excluding carboxylic acids is 2. The van der Waals surface area contributed by atoms with Crippen molar-refractivity contribution < 1.29 is 19.8 Å². The maximum absolute atomic E-state index is 12.5. The first kappa shape index (κ1) is 18.1. The standard InChI is InChI=1S/C21H29NO4/c1-19-7-5-13(23)9-12(19)3-4-14-15-6-8-21(26,17(25)11-22)20(15,2)10-16(24)18(14)19/h5,7,9,14-16,18,24,26H,3-4,6,8,10-11,22H2,1-2H3/t14-,15-,16+,18+,19+,20+,21-/m1/s1. The number of nitrogens with two attached hydrogens (primary N) is 1. The molecule has 4 aliphatic carbocycles. The van der Waals surface area contributed by atoms with Gasteiger partial charge in [-0.25, -0.2) is 0 Å². The fraction of sp³-hybridized carbons (Fsp3) is 0.714. The number of Topliss-reactive ketones (excluding diaryl/α,β-unsaturated/α-hetero) is 1. The summed E-state index contributed by atoms with van der Waals surface area (Å²) >= 11 is 0. The number of hydrogen-bond acceptors (Lipinski definition) is 5. The molecule has 0 aliphatic heterocycles. The van der Waals surface area contributed by atoms with E-state index in [0.29, 0.717) is 12.8 Å². The summed E-state index contributed by atoms with van der Waals surface area (Å²) in [6.07, 6.45) is 8.02. The molecule has 142 valence electrons. The molecule has 3 fully saturated rings. The normalized spacial score (nSPS) is 49.9. The average Bonchev–Trinajstić information content (AvgIpc) is 2.86. The summed E-state index contributed by atoms with van der Waals surface area (Å²) in [4.78, 5) is 24.3. The third-order valence-corrected chi connectivity index (χ3v) is 8.29. The zero-order valence-electron chi connectivity index (χ0n) is 15.6. The summed E-state index contributed by atoms with van der Waals surface area (Å²) in [5, 5.41) is 22.4. The summed E-state index contributed by atoms with van der Waals surface area (Å²) in [6.45, 7) is 3.92. The van der Waals surface area contributed by atoms with Gasteiger partial charge in [0, 0.05) is 16.7 Å². The molecule has 0 aromatic heterocycles. The highest BCUT2D eigenvalue weighted by Gasteiger charge is 2.67. The second-order valence-electron chi connectivity index (χ2n) is 9.24. The van der Waals surface area contributed by atoms with Crippen LogP contribution in [-0.2, 0) is 9.59 Å². The van der Waals surface area contributed by atoms with Gasteiger partial charge in [-0.1, -0.05) is 25.5 Å². The highest BCUT2D eigenvalue weighted by molar-refractivity contribution is 6.01. The molecular formula is C21H29NO4. The molecule has 0 aromatic rings. The Labute approximate surface area is 154 Å². The maximum atomic E-state index is 12.5. The second-order valence-corrected chi connectivity index (χ2v) is 9.24. The Morgan fingerprint density at radius 2 is 2.08 bits per heavy atom. The second kappa shape index (κ2) is 5.60. The Morgan fingerprint density at radius 3 is 2.77 bits per heavy atom. The van der Waals surface area contributed by atoms with Gasteiger partial charge in [-0.3, -0.25) is 9.59 Å². The van der Waals surface area contributed by atoms with E-state index >= 15 is 0 Å². The average molecular weight is 359 g/mol. The van der Waals surface area contributed by atoms with E-state index in [-0.39, 0.29) is 41.3 Å². The molecular weight excluding hydrogens is 330 g/mol. The molecule has 4 rings (SSSR count). The van der Waals surface area contributed by atoms with Crippen molar-refractivity contribution in [1.82, 2.24) is 0 Å². The minimum Gasteiger partial charge on any atom is -0.393 e. The van der Waals surface area contributed by atoms with Crippen LogP contribution in [0.1, 0.15) is 46.0 Å². The van der Waals surface area contributed by atoms with E-state index in [1.807, 2.05) is 13.0 Å². The van der Waals surface area contributed by atoms with E-state index < -0.39 is 17.1 Å². The van der Waals surface area contributed by atoms with Gasteiger partial charge in [0.05, 0.1) is 12.6 Å². The number of rotatable bonds is 2. The van der Waals surface area contributed by atoms with Crippen LogP contribution in [0.4, 0.5) is 0 Å². The summed E-state index contributed by atoms with van der Waals surface area (Å²) in [6, 6.07) is 0. The molecule has 0 amide bonds. The Bertz CT molecular complexity index is 728. The predicted molar refractivity (Wildman–Crippen MR) is 97.0 cm³/mol. The number of ketones is 2. The van der Waals surface area contributed by atoms with Crippen molar-refractivity contribution >= 4 is 11.6 Å². The van der Waals surface area contributed by atoms with E-state index in [0.717, 1.165) is 24.8 Å². The van der Waals surface area contributed by atoms with Gasteiger partial charge >= 0.3 is 0 Å². The molecule has 0 bridgehead atoms. The van der Waals surface area contributed by atoms with E-state index in [4.69, 9.17) is 5.73 Å². The molecule has 3 saturated carbocycles. The van der Waals surface area contributed by atoms with Crippen LogP contribution in [0.5, 0.6) is 0 Å². The number of carbonyl (C=O) groups is 2. The van der Waals surface area contributed by atoms with Crippen molar-refractivity contribution in [2.75, 3.05) is 6.54 Å². The van der Waals surface area contributed by atoms with Crippen LogP contribution < -0.4 is 5.73 Å². The Balaban J connectivity index is 1.75. The van der Waals surface area contributed by atoms with Crippen molar-refractivity contribution in [2.45, 2.75) is 57.7 Å². The van der Waals surface area contributed by atoms with Gasteiger partial charge < -0.3 is 15.9 Å². The topological polar surface area (TPSA) is 101 Å². The zero-order chi connectivity index (χ0) is 18.9. The largest absolute Gasteiger partial charge is 0.393 e. The van der Waals surface area contributed by atoms with Crippen molar-refractivity contribution in [3.8, 4) is 0 Å². The molecule has 26 heavy (non-hydrogen) atoms. The number of aliphatic hydroxyl groups is 2. The molecule has 4 N–H and O–H groups in total. The smallest absolute Gasteiger partial charge is 0.178 e. The van der Waals surface area contributed by atoms with E-state index in [2.05, 4.69) is 6.92 Å². The van der Waals surface area contributed by atoms with Gasteiger partial charge in [-0.15, -0.1) is 0 Å². The van der Waals surface area contributed by atoms with Crippen LogP contribution in [0, 0.1) is 28.6 Å². The maximum Gasteiger partial charge on any atom is 0.178 e. The third kappa shape index (κ3) is 2.08. The van der Waals surface area contributed by atoms with Gasteiger partial charge in [0.25, 0.3) is 0 Å². The van der Waals surface area contributed by atoms with Crippen molar-refractivity contribution in [3.63, 3.8) is 0 Å². The lowest BCUT2D eigenvalue weighted by atomic mass is 9.46. The monoisotopic (exact) mass is 359 g/mol. The van der Waals surface area contributed by atoms with Gasteiger partial charge in [0.2, 0.25) is 0 Å².